The fourth-order valence-electron chi connectivity index (χ4n) is 5.08. The largest absolute Gasteiger partial charge is 0.379 e. The van der Waals surface area contributed by atoms with E-state index in [1.54, 1.807) is 13.2 Å². The molecular formula is C29H31ClN6O3S. The van der Waals surface area contributed by atoms with Crippen LogP contribution in [0.3, 0.4) is 0 Å². The van der Waals surface area contributed by atoms with Crippen molar-refractivity contribution in [3.8, 4) is 0 Å². The molecule has 0 saturated heterocycles. The van der Waals surface area contributed by atoms with Crippen molar-refractivity contribution < 1.29 is 13.2 Å². The van der Waals surface area contributed by atoms with E-state index in [0.717, 1.165) is 41.8 Å². The van der Waals surface area contributed by atoms with Crippen LogP contribution in [0.5, 0.6) is 0 Å². The van der Waals surface area contributed by atoms with E-state index in [1.165, 1.54) is 10.6 Å². The monoisotopic (exact) mass is 578 g/mol. The highest BCUT2D eigenvalue weighted by Gasteiger charge is 2.43. The smallest absolute Gasteiger partial charge is 0.232 e. The lowest BCUT2D eigenvalue weighted by Crippen LogP contribution is -2.25. The van der Waals surface area contributed by atoms with Gasteiger partial charge >= 0.3 is 0 Å². The molecule has 0 aliphatic heterocycles. The number of imidazole rings is 1. The minimum Gasteiger partial charge on any atom is -0.379 e. The van der Waals surface area contributed by atoms with Gasteiger partial charge in [0.1, 0.15) is 5.82 Å². The molecule has 2 fully saturated rings. The number of sulfonamides is 1. The normalized spacial score (nSPS) is 18.5. The number of benzene rings is 1. The summed E-state index contributed by atoms with van der Waals surface area (Å²) < 4.78 is 27.8. The van der Waals surface area contributed by atoms with E-state index < -0.39 is 10.0 Å². The Bertz CT molecular complexity index is 1700. The van der Waals surface area contributed by atoms with Crippen LogP contribution in [-0.4, -0.2) is 48.4 Å². The minimum atomic E-state index is -3.43. The number of nitrogens with one attached hydrogen (secondary N) is 2. The Morgan fingerprint density at radius 3 is 2.70 bits per heavy atom. The molecule has 0 radical (unpaired) electrons. The summed E-state index contributed by atoms with van der Waals surface area (Å²) in [5.74, 6) is 1.49. The van der Waals surface area contributed by atoms with E-state index in [9.17, 15) is 13.2 Å². The molecule has 2 aliphatic rings. The van der Waals surface area contributed by atoms with Crippen molar-refractivity contribution in [2.75, 3.05) is 34.8 Å². The summed E-state index contributed by atoms with van der Waals surface area (Å²) in [6, 6.07) is 13.4. The maximum Gasteiger partial charge on any atom is 0.232 e. The highest BCUT2D eigenvalue weighted by atomic mass is 35.5. The molecule has 208 valence electrons. The van der Waals surface area contributed by atoms with Gasteiger partial charge in [-0.1, -0.05) is 23.7 Å². The van der Waals surface area contributed by atoms with Gasteiger partial charge in [-0.05, 0) is 66.5 Å². The second kappa shape index (κ2) is 10.4. The van der Waals surface area contributed by atoms with Crippen LogP contribution >= 0.6 is 11.6 Å². The quantitative estimate of drug-likeness (QED) is 0.256. The Kier molecular flexibility index (Phi) is 6.92. The van der Waals surface area contributed by atoms with E-state index in [1.807, 2.05) is 59.3 Å². The molecule has 0 amide bonds. The Morgan fingerprint density at radius 2 is 1.95 bits per heavy atom. The number of hydrogen-bond acceptors (Lipinski definition) is 7. The maximum atomic E-state index is 12.7. The topological polar surface area (TPSA) is 109 Å². The summed E-state index contributed by atoms with van der Waals surface area (Å²) in [5.41, 5.74) is 5.02. The average molecular weight is 579 g/mol. The first kappa shape index (κ1) is 26.6. The third-order valence-corrected chi connectivity index (χ3v) is 9.07. The second-order valence-corrected chi connectivity index (χ2v) is 13.2. The Balaban J connectivity index is 1.10. The van der Waals surface area contributed by atoms with Crippen molar-refractivity contribution in [3.63, 3.8) is 0 Å². The molecule has 1 aromatic carbocycles. The van der Waals surface area contributed by atoms with Crippen LogP contribution < -0.4 is 14.9 Å². The predicted molar refractivity (Wildman–Crippen MR) is 158 cm³/mol. The van der Waals surface area contributed by atoms with Gasteiger partial charge in [0, 0.05) is 48.3 Å². The molecule has 4 aromatic rings. The highest BCUT2D eigenvalue weighted by molar-refractivity contribution is 7.92. The molecule has 1 unspecified atom stereocenters. The Hall–Kier alpha value is -3.63. The molecule has 3 aromatic heterocycles. The molecule has 0 spiro atoms. The van der Waals surface area contributed by atoms with Crippen molar-refractivity contribution in [1.82, 2.24) is 14.4 Å². The average Bonchev–Trinajstić information content (AvgIpc) is 3.86. The van der Waals surface area contributed by atoms with Gasteiger partial charge in [-0.25, -0.2) is 18.4 Å². The lowest BCUT2D eigenvalue weighted by Gasteiger charge is -2.18. The summed E-state index contributed by atoms with van der Waals surface area (Å²) in [6.45, 7) is 0.652. The zero-order chi connectivity index (χ0) is 28.0. The summed E-state index contributed by atoms with van der Waals surface area (Å²) in [5, 5.41) is 7.21. The molecule has 9 nitrogen and oxygen atoms in total. The number of hydrogen-bond donors (Lipinski definition) is 2. The summed E-state index contributed by atoms with van der Waals surface area (Å²) in [7, 11) is -1.87. The van der Waals surface area contributed by atoms with Gasteiger partial charge < -0.3 is 15.0 Å². The molecule has 11 heteroatoms. The van der Waals surface area contributed by atoms with Crippen molar-refractivity contribution in [3.05, 3.63) is 82.9 Å². The van der Waals surface area contributed by atoms with Crippen LogP contribution in [0.15, 0.2) is 61.1 Å². The van der Waals surface area contributed by atoms with Gasteiger partial charge in [0.05, 0.1) is 30.7 Å². The number of rotatable bonds is 11. The summed E-state index contributed by atoms with van der Waals surface area (Å²) in [4.78, 5) is 21.8. The molecule has 3 heterocycles. The van der Waals surface area contributed by atoms with Crippen molar-refractivity contribution in [2.24, 2.45) is 5.92 Å². The van der Waals surface area contributed by atoms with Gasteiger partial charge in [0.25, 0.3) is 0 Å². The highest BCUT2D eigenvalue weighted by Crippen LogP contribution is 2.48. The number of anilines is 3. The SMILES string of the molecule is CN(c1cc(C2CC2)cn2cc(CNc3ccnc(NCC(=O)[C@H]4CC4c4cccc(Cl)c4)c3)nc12)S(C)(=O)=O. The van der Waals surface area contributed by atoms with Crippen LogP contribution in [-0.2, 0) is 21.4 Å². The van der Waals surface area contributed by atoms with Gasteiger partial charge in [-0.2, -0.15) is 0 Å². The molecule has 2 saturated carbocycles. The first-order valence-electron chi connectivity index (χ1n) is 13.3. The molecular weight excluding hydrogens is 548 g/mol. The van der Waals surface area contributed by atoms with Gasteiger partial charge in [-0.15, -0.1) is 0 Å². The van der Waals surface area contributed by atoms with Crippen molar-refractivity contribution in [1.29, 1.82) is 0 Å². The number of halogens is 1. The lowest BCUT2D eigenvalue weighted by atomic mass is 10.1. The van der Waals surface area contributed by atoms with Crippen LogP contribution in [0.2, 0.25) is 5.02 Å². The third kappa shape index (κ3) is 5.78. The fraction of sp³-hybridized carbons (Fsp3) is 0.345. The number of carbonyl (C=O) groups excluding carboxylic acids is 1. The van der Waals surface area contributed by atoms with Crippen molar-refractivity contribution in [2.45, 2.75) is 37.6 Å². The molecule has 40 heavy (non-hydrogen) atoms. The number of aromatic nitrogens is 3. The maximum absolute atomic E-state index is 12.7. The van der Waals surface area contributed by atoms with E-state index in [4.69, 9.17) is 16.6 Å². The van der Waals surface area contributed by atoms with E-state index >= 15 is 0 Å². The molecule has 2 atom stereocenters. The van der Waals surface area contributed by atoms with E-state index in [0.29, 0.717) is 34.6 Å². The van der Waals surface area contributed by atoms with Crippen LogP contribution in [0.4, 0.5) is 17.2 Å². The molecule has 0 bridgehead atoms. The number of carbonyl (C=O) groups is 1. The van der Waals surface area contributed by atoms with E-state index in [-0.39, 0.29) is 24.2 Å². The predicted octanol–water partition coefficient (Wildman–Crippen LogP) is 5.05. The first-order chi connectivity index (χ1) is 19.2. The fourth-order valence-corrected chi connectivity index (χ4v) is 5.77. The minimum absolute atomic E-state index is 0.00869. The van der Waals surface area contributed by atoms with Gasteiger partial charge in [0.2, 0.25) is 10.0 Å². The summed E-state index contributed by atoms with van der Waals surface area (Å²) in [6.07, 6.45) is 9.94. The zero-order valence-electron chi connectivity index (χ0n) is 22.3. The molecule has 6 rings (SSSR count). The summed E-state index contributed by atoms with van der Waals surface area (Å²) >= 11 is 6.10. The number of ketones is 1. The Morgan fingerprint density at radius 1 is 1.12 bits per heavy atom. The second-order valence-electron chi connectivity index (χ2n) is 10.7. The van der Waals surface area contributed by atoms with Crippen LogP contribution in [0.25, 0.3) is 5.65 Å². The van der Waals surface area contributed by atoms with Crippen LogP contribution in [0.1, 0.15) is 47.9 Å². The third-order valence-electron chi connectivity index (χ3n) is 7.65. The number of fused-ring (bicyclic) bond motifs is 1. The molecule has 2 aliphatic carbocycles. The Labute approximate surface area is 238 Å². The zero-order valence-corrected chi connectivity index (χ0v) is 23.9. The number of Topliss-reactive ketones (excluding diaryl/α,β-unsaturated/α-hetero) is 1. The van der Waals surface area contributed by atoms with Crippen LogP contribution in [0, 0.1) is 5.92 Å². The van der Waals surface area contributed by atoms with E-state index in [2.05, 4.69) is 15.6 Å². The lowest BCUT2D eigenvalue weighted by molar-refractivity contribution is -0.118. The molecule has 2 N–H and O–H groups in total. The van der Waals surface area contributed by atoms with Crippen molar-refractivity contribution >= 4 is 50.2 Å². The van der Waals surface area contributed by atoms with Gasteiger partial charge in [0.15, 0.2) is 11.4 Å². The number of pyridine rings is 2. The van der Waals surface area contributed by atoms with Gasteiger partial charge in [-0.3, -0.25) is 9.10 Å². The first-order valence-corrected chi connectivity index (χ1v) is 15.6. The number of nitrogens with zero attached hydrogens (tertiary/aromatic N) is 4. The standard InChI is InChI=1S/C29H31ClN6O3S/c1-35(40(2,38)39)26-11-20(18-6-7-18)16-36-17-23(34-29(26)36)14-32-22-8-9-31-28(12-22)33-15-27(37)25-13-24(25)19-4-3-5-21(30)10-19/h3-5,8-12,16-18,24-25H,6-7,13-15H2,1-2H3,(H2,31,32,33)/t24?,25-/m0/s1.